The second-order valence-electron chi connectivity index (χ2n) is 7.09. The Morgan fingerprint density at radius 2 is 1.84 bits per heavy atom. The van der Waals surface area contributed by atoms with Crippen molar-refractivity contribution in [1.82, 2.24) is 10.2 Å². The summed E-state index contributed by atoms with van der Waals surface area (Å²) in [5.41, 5.74) is 1.59. The predicted octanol–water partition coefficient (Wildman–Crippen LogP) is 4.80. The molecule has 0 amide bonds. The highest BCUT2D eigenvalue weighted by Crippen LogP contribution is 2.28. The van der Waals surface area contributed by atoms with Crippen LogP contribution in [0.5, 0.6) is 11.5 Å². The number of benzene rings is 2. The summed E-state index contributed by atoms with van der Waals surface area (Å²) in [6, 6.07) is 11.8. The Bertz CT molecular complexity index is 1290. The van der Waals surface area contributed by atoms with Crippen LogP contribution in [0.3, 0.4) is 0 Å². The number of hydrogen-bond acceptors (Lipinski definition) is 8. The molecule has 0 aliphatic rings. The molecule has 0 saturated carbocycles. The molecule has 4 rings (SSSR count). The Balaban J connectivity index is 1.43. The van der Waals surface area contributed by atoms with Gasteiger partial charge >= 0.3 is 0 Å². The molecule has 2 aromatic heterocycles. The smallest absolute Gasteiger partial charge is 0.263 e. The fraction of sp³-hybridized carbons (Fsp3) is 0.238. The lowest BCUT2D eigenvalue weighted by molar-refractivity contribution is 0.306. The number of methoxy groups -OCH3 is 1. The number of anilines is 1. The lowest BCUT2D eigenvalue weighted by atomic mass is 10.2. The van der Waals surface area contributed by atoms with E-state index < -0.39 is 10.0 Å². The maximum atomic E-state index is 12.6. The van der Waals surface area contributed by atoms with Gasteiger partial charge in [0.1, 0.15) is 28.7 Å². The van der Waals surface area contributed by atoms with E-state index in [1.165, 1.54) is 23.5 Å². The molecule has 10 heteroatoms. The van der Waals surface area contributed by atoms with Crippen molar-refractivity contribution < 1.29 is 22.3 Å². The molecular weight excluding hydrogens is 438 g/mol. The zero-order valence-corrected chi connectivity index (χ0v) is 18.8. The van der Waals surface area contributed by atoms with E-state index in [2.05, 4.69) is 14.9 Å². The van der Waals surface area contributed by atoms with Gasteiger partial charge in [-0.1, -0.05) is 25.2 Å². The van der Waals surface area contributed by atoms with E-state index in [0.29, 0.717) is 17.1 Å². The van der Waals surface area contributed by atoms with Crippen LogP contribution in [0, 0.1) is 0 Å². The number of fused-ring (bicyclic) bond motifs is 1. The lowest BCUT2D eigenvalue weighted by Crippen LogP contribution is -2.12. The molecule has 1 N–H and O–H groups in total. The SMILES string of the molecule is COc1ccc2c(COc3ccc(S(=O)(=O)Nc4nnc(C(C)C)s4)cc3)coc2c1. The Hall–Kier alpha value is -3.11. The van der Waals surface area contributed by atoms with Crippen LogP contribution in [0.2, 0.25) is 0 Å². The summed E-state index contributed by atoms with van der Waals surface area (Å²) in [4.78, 5) is 0.113. The number of ether oxygens (including phenoxy) is 2. The normalized spacial score (nSPS) is 11.7. The average molecular weight is 460 g/mol. The van der Waals surface area contributed by atoms with Crippen LogP contribution in [0.4, 0.5) is 5.13 Å². The molecule has 0 saturated heterocycles. The first-order valence-corrected chi connectivity index (χ1v) is 11.8. The third kappa shape index (κ3) is 4.64. The zero-order chi connectivity index (χ0) is 22.0. The first-order valence-electron chi connectivity index (χ1n) is 9.49. The molecule has 0 aliphatic heterocycles. The summed E-state index contributed by atoms with van der Waals surface area (Å²) < 4.78 is 44.2. The van der Waals surface area contributed by atoms with Crippen molar-refractivity contribution in [3.63, 3.8) is 0 Å². The summed E-state index contributed by atoms with van der Waals surface area (Å²) in [7, 11) is -2.16. The van der Waals surface area contributed by atoms with Gasteiger partial charge in [-0.3, -0.25) is 4.72 Å². The van der Waals surface area contributed by atoms with Crippen LogP contribution in [0.15, 0.2) is 58.0 Å². The number of aromatic nitrogens is 2. The van der Waals surface area contributed by atoms with Gasteiger partial charge < -0.3 is 13.9 Å². The second-order valence-corrected chi connectivity index (χ2v) is 9.78. The van der Waals surface area contributed by atoms with Gasteiger partial charge in [-0.25, -0.2) is 8.42 Å². The quantitative estimate of drug-likeness (QED) is 0.404. The van der Waals surface area contributed by atoms with Crippen molar-refractivity contribution in [3.8, 4) is 11.5 Å². The molecular formula is C21H21N3O5S2. The number of sulfonamides is 1. The van der Waals surface area contributed by atoms with Gasteiger partial charge in [0.05, 0.1) is 18.3 Å². The van der Waals surface area contributed by atoms with Crippen molar-refractivity contribution >= 4 is 37.5 Å². The summed E-state index contributed by atoms with van der Waals surface area (Å²) >= 11 is 1.22. The molecule has 4 aromatic rings. The van der Waals surface area contributed by atoms with E-state index in [9.17, 15) is 8.42 Å². The lowest BCUT2D eigenvalue weighted by Gasteiger charge is -2.08. The Morgan fingerprint density at radius 3 is 2.52 bits per heavy atom. The van der Waals surface area contributed by atoms with E-state index in [0.717, 1.165) is 16.0 Å². The average Bonchev–Trinajstić information content (AvgIpc) is 3.38. The highest BCUT2D eigenvalue weighted by atomic mass is 32.2. The maximum Gasteiger partial charge on any atom is 0.263 e. The molecule has 0 bridgehead atoms. The largest absolute Gasteiger partial charge is 0.497 e. The van der Waals surface area contributed by atoms with Crippen molar-refractivity contribution in [3.05, 3.63) is 59.3 Å². The predicted molar refractivity (Wildman–Crippen MR) is 118 cm³/mol. The van der Waals surface area contributed by atoms with Gasteiger partial charge in [0, 0.05) is 22.9 Å². The van der Waals surface area contributed by atoms with Gasteiger partial charge in [0.25, 0.3) is 10.0 Å². The number of nitrogens with one attached hydrogen (secondary N) is 1. The van der Waals surface area contributed by atoms with E-state index in [-0.39, 0.29) is 22.6 Å². The second kappa shape index (κ2) is 8.56. The van der Waals surface area contributed by atoms with Crippen LogP contribution in [0.1, 0.15) is 30.3 Å². The third-order valence-corrected chi connectivity index (χ3v) is 7.17. The maximum absolute atomic E-state index is 12.6. The molecule has 31 heavy (non-hydrogen) atoms. The first kappa shape index (κ1) is 21.1. The number of hydrogen-bond donors (Lipinski definition) is 1. The van der Waals surface area contributed by atoms with Gasteiger partial charge in [-0.2, -0.15) is 0 Å². The standard InChI is InChI=1S/C21H21N3O5S2/c1-13(2)20-22-23-21(30-20)24-31(25,26)17-7-4-15(5-8-17)28-11-14-12-29-19-10-16(27-3)6-9-18(14)19/h4-10,12-13H,11H2,1-3H3,(H,23,24). The molecule has 0 fully saturated rings. The van der Waals surface area contributed by atoms with E-state index in [1.54, 1.807) is 25.5 Å². The summed E-state index contributed by atoms with van der Waals surface area (Å²) in [5, 5.41) is 9.84. The number of furan rings is 1. The fourth-order valence-electron chi connectivity index (χ4n) is 2.86. The molecule has 0 spiro atoms. The highest BCUT2D eigenvalue weighted by molar-refractivity contribution is 7.93. The third-order valence-electron chi connectivity index (χ3n) is 4.55. The molecule has 0 atom stereocenters. The summed E-state index contributed by atoms with van der Waals surface area (Å²) in [6.07, 6.45) is 1.64. The van der Waals surface area contributed by atoms with Crippen LogP contribution < -0.4 is 14.2 Å². The molecule has 2 aromatic carbocycles. The van der Waals surface area contributed by atoms with E-state index >= 15 is 0 Å². The van der Waals surface area contributed by atoms with Crippen molar-refractivity contribution in [2.75, 3.05) is 11.8 Å². The minimum absolute atomic E-state index is 0.113. The highest BCUT2D eigenvalue weighted by Gasteiger charge is 2.18. The van der Waals surface area contributed by atoms with Gasteiger partial charge in [-0.15, -0.1) is 10.2 Å². The minimum Gasteiger partial charge on any atom is -0.497 e. The minimum atomic E-state index is -3.76. The molecule has 162 valence electrons. The molecule has 0 unspecified atom stereocenters. The van der Waals surface area contributed by atoms with Crippen molar-refractivity contribution in [2.45, 2.75) is 31.3 Å². The number of nitrogens with zero attached hydrogens (tertiary/aromatic N) is 2. The Labute approximate surface area is 183 Å². The van der Waals surface area contributed by atoms with E-state index in [1.807, 2.05) is 32.0 Å². The Kier molecular flexibility index (Phi) is 5.84. The van der Waals surface area contributed by atoms with Crippen LogP contribution >= 0.6 is 11.3 Å². The fourth-order valence-corrected chi connectivity index (χ4v) is 4.84. The number of rotatable bonds is 8. The van der Waals surface area contributed by atoms with Gasteiger partial charge in [0.15, 0.2) is 0 Å². The molecule has 2 heterocycles. The summed E-state index contributed by atoms with van der Waals surface area (Å²) in [6.45, 7) is 4.23. The van der Waals surface area contributed by atoms with Crippen molar-refractivity contribution in [1.29, 1.82) is 0 Å². The monoisotopic (exact) mass is 459 g/mol. The van der Waals surface area contributed by atoms with E-state index in [4.69, 9.17) is 13.9 Å². The summed E-state index contributed by atoms with van der Waals surface area (Å²) in [5.74, 6) is 1.44. The van der Waals surface area contributed by atoms with Gasteiger partial charge in [0.2, 0.25) is 5.13 Å². The molecule has 8 nitrogen and oxygen atoms in total. The van der Waals surface area contributed by atoms with Crippen molar-refractivity contribution in [2.24, 2.45) is 0 Å². The topological polar surface area (TPSA) is 104 Å². The van der Waals surface area contributed by atoms with Crippen LogP contribution in [-0.4, -0.2) is 25.7 Å². The molecule has 0 aliphatic carbocycles. The first-order chi connectivity index (χ1) is 14.9. The molecule has 0 radical (unpaired) electrons. The van der Waals surface area contributed by atoms with Crippen LogP contribution in [0.25, 0.3) is 11.0 Å². The van der Waals surface area contributed by atoms with Crippen LogP contribution in [-0.2, 0) is 16.6 Å². The zero-order valence-electron chi connectivity index (χ0n) is 17.2. The van der Waals surface area contributed by atoms with Gasteiger partial charge in [-0.05, 0) is 36.4 Å². The Morgan fingerprint density at radius 1 is 1.10 bits per heavy atom.